The van der Waals surface area contributed by atoms with Gasteiger partial charge in [0.25, 0.3) is 11.8 Å². The van der Waals surface area contributed by atoms with Crippen LogP contribution in [0.1, 0.15) is 52.0 Å². The van der Waals surface area contributed by atoms with E-state index in [0.29, 0.717) is 42.7 Å². The van der Waals surface area contributed by atoms with E-state index in [1.54, 1.807) is 11.0 Å². The molecule has 0 bridgehead atoms. The molecule has 3 amide bonds. The second-order valence-corrected chi connectivity index (χ2v) is 8.54. The second-order valence-electron chi connectivity index (χ2n) is 8.54. The summed E-state index contributed by atoms with van der Waals surface area (Å²) in [5, 5.41) is 2.99. The molecule has 2 aliphatic heterocycles. The number of carbonyl (C=O) groups is 3. The Bertz CT molecular complexity index is 1010. The highest BCUT2D eigenvalue weighted by Crippen LogP contribution is 2.25. The van der Waals surface area contributed by atoms with E-state index >= 15 is 0 Å². The van der Waals surface area contributed by atoms with Crippen LogP contribution in [0.2, 0.25) is 0 Å². The normalized spacial score (nSPS) is 16.8. The molecule has 0 unspecified atom stereocenters. The van der Waals surface area contributed by atoms with E-state index < -0.39 is 0 Å². The van der Waals surface area contributed by atoms with Crippen molar-refractivity contribution in [1.29, 1.82) is 0 Å². The monoisotopic (exact) mass is 437 g/mol. The number of benzene rings is 2. The molecule has 168 valence electrons. The van der Waals surface area contributed by atoms with Crippen LogP contribution in [0.5, 0.6) is 0 Å². The van der Waals surface area contributed by atoms with Gasteiger partial charge in [0.1, 0.15) is 5.82 Å². The third-order valence-corrected chi connectivity index (χ3v) is 6.46. The molecule has 2 saturated heterocycles. The van der Waals surface area contributed by atoms with Crippen LogP contribution >= 0.6 is 0 Å². The average Bonchev–Trinajstić information content (AvgIpc) is 3.35. The molecule has 32 heavy (non-hydrogen) atoms. The van der Waals surface area contributed by atoms with Gasteiger partial charge in [-0.1, -0.05) is 6.07 Å². The summed E-state index contributed by atoms with van der Waals surface area (Å²) >= 11 is 0. The molecule has 0 aromatic heterocycles. The highest BCUT2D eigenvalue weighted by Gasteiger charge is 2.29. The standard InChI is InChI=1S/C25H28FN3O3/c1-17-21(25(32)28-13-2-3-14-28)5-4-6-22(17)27-23(30)18-11-15-29(16-12-18)24(31)19-7-9-20(26)10-8-19/h4-10,18H,2-3,11-16H2,1H3,(H,27,30). The Hall–Kier alpha value is -3.22. The molecular weight excluding hydrogens is 409 g/mol. The molecule has 4 rings (SSSR count). The Balaban J connectivity index is 1.36. The summed E-state index contributed by atoms with van der Waals surface area (Å²) in [6, 6.07) is 10.9. The zero-order valence-corrected chi connectivity index (χ0v) is 18.3. The van der Waals surface area contributed by atoms with Crippen LogP contribution in [-0.4, -0.2) is 53.7 Å². The van der Waals surface area contributed by atoms with Gasteiger partial charge in [-0.15, -0.1) is 0 Å². The lowest BCUT2D eigenvalue weighted by Gasteiger charge is -2.31. The predicted molar refractivity (Wildman–Crippen MR) is 120 cm³/mol. The third-order valence-electron chi connectivity index (χ3n) is 6.46. The lowest BCUT2D eigenvalue weighted by Crippen LogP contribution is -2.41. The number of hydrogen-bond acceptors (Lipinski definition) is 3. The number of rotatable bonds is 4. The number of halogens is 1. The van der Waals surface area contributed by atoms with Gasteiger partial charge in [0.05, 0.1) is 0 Å². The van der Waals surface area contributed by atoms with Crippen molar-refractivity contribution in [2.75, 3.05) is 31.5 Å². The average molecular weight is 438 g/mol. The fourth-order valence-corrected chi connectivity index (χ4v) is 4.45. The predicted octanol–water partition coefficient (Wildman–Crippen LogP) is 3.86. The number of nitrogens with one attached hydrogen (secondary N) is 1. The van der Waals surface area contributed by atoms with Crippen LogP contribution in [-0.2, 0) is 4.79 Å². The van der Waals surface area contributed by atoms with E-state index in [9.17, 15) is 18.8 Å². The number of piperidine rings is 1. The van der Waals surface area contributed by atoms with Crippen LogP contribution in [0.25, 0.3) is 0 Å². The zero-order valence-electron chi connectivity index (χ0n) is 18.3. The van der Waals surface area contributed by atoms with E-state index in [4.69, 9.17) is 0 Å². The van der Waals surface area contributed by atoms with Crippen molar-refractivity contribution in [2.45, 2.75) is 32.6 Å². The maximum Gasteiger partial charge on any atom is 0.254 e. The highest BCUT2D eigenvalue weighted by molar-refractivity contribution is 6.00. The molecule has 0 radical (unpaired) electrons. The third kappa shape index (κ3) is 4.66. The SMILES string of the molecule is Cc1c(NC(=O)C2CCN(C(=O)c3ccc(F)cc3)CC2)cccc1C(=O)N1CCCC1. The van der Waals surface area contributed by atoms with Gasteiger partial charge < -0.3 is 15.1 Å². The van der Waals surface area contributed by atoms with Crippen LogP contribution in [0.4, 0.5) is 10.1 Å². The van der Waals surface area contributed by atoms with Gasteiger partial charge in [0, 0.05) is 48.9 Å². The maximum atomic E-state index is 13.1. The molecule has 0 atom stereocenters. The molecule has 0 spiro atoms. The van der Waals surface area contributed by atoms with E-state index in [-0.39, 0.29) is 29.5 Å². The summed E-state index contributed by atoms with van der Waals surface area (Å²) in [6.45, 7) is 4.37. The van der Waals surface area contributed by atoms with Crippen molar-refractivity contribution in [3.63, 3.8) is 0 Å². The summed E-state index contributed by atoms with van der Waals surface area (Å²) in [6.07, 6.45) is 3.18. The molecule has 2 aromatic carbocycles. The summed E-state index contributed by atoms with van der Waals surface area (Å²) in [5.74, 6) is -0.799. The van der Waals surface area contributed by atoms with Crippen LogP contribution < -0.4 is 5.32 Å². The van der Waals surface area contributed by atoms with Crippen molar-refractivity contribution < 1.29 is 18.8 Å². The molecule has 2 fully saturated rings. The number of likely N-dealkylation sites (tertiary alicyclic amines) is 2. The van der Waals surface area contributed by atoms with Gasteiger partial charge in [-0.2, -0.15) is 0 Å². The van der Waals surface area contributed by atoms with Crippen molar-refractivity contribution in [3.05, 3.63) is 65.0 Å². The second kappa shape index (κ2) is 9.51. The first-order valence-electron chi connectivity index (χ1n) is 11.2. The van der Waals surface area contributed by atoms with Gasteiger partial charge in [-0.25, -0.2) is 4.39 Å². The van der Waals surface area contributed by atoms with Gasteiger partial charge in [-0.3, -0.25) is 14.4 Å². The van der Waals surface area contributed by atoms with Crippen LogP contribution in [0, 0.1) is 18.7 Å². The zero-order chi connectivity index (χ0) is 22.7. The minimum Gasteiger partial charge on any atom is -0.339 e. The Labute approximate surface area is 187 Å². The largest absolute Gasteiger partial charge is 0.339 e. The topological polar surface area (TPSA) is 69.7 Å². The van der Waals surface area contributed by atoms with Gasteiger partial charge in [-0.05, 0) is 74.6 Å². The molecule has 2 heterocycles. The quantitative estimate of drug-likeness (QED) is 0.790. The molecule has 2 aliphatic rings. The Morgan fingerprint density at radius 1 is 0.875 bits per heavy atom. The van der Waals surface area contributed by atoms with Crippen LogP contribution in [0.3, 0.4) is 0 Å². The Morgan fingerprint density at radius 2 is 1.50 bits per heavy atom. The smallest absolute Gasteiger partial charge is 0.254 e. The summed E-state index contributed by atoms with van der Waals surface area (Å²) in [5.41, 5.74) is 2.51. The van der Waals surface area contributed by atoms with E-state index in [1.165, 1.54) is 24.3 Å². The maximum absolute atomic E-state index is 13.1. The summed E-state index contributed by atoms with van der Waals surface area (Å²) in [7, 11) is 0. The van der Waals surface area contributed by atoms with Gasteiger partial charge >= 0.3 is 0 Å². The molecule has 0 aliphatic carbocycles. The van der Waals surface area contributed by atoms with E-state index in [1.807, 2.05) is 24.0 Å². The van der Waals surface area contributed by atoms with Crippen molar-refractivity contribution >= 4 is 23.4 Å². The molecule has 2 aromatic rings. The molecule has 7 heteroatoms. The fraction of sp³-hybridized carbons (Fsp3) is 0.400. The number of nitrogens with zero attached hydrogens (tertiary/aromatic N) is 2. The van der Waals surface area contributed by atoms with Crippen molar-refractivity contribution in [2.24, 2.45) is 5.92 Å². The first-order valence-corrected chi connectivity index (χ1v) is 11.2. The fourth-order valence-electron chi connectivity index (χ4n) is 4.45. The Morgan fingerprint density at radius 3 is 2.16 bits per heavy atom. The van der Waals surface area contributed by atoms with E-state index in [0.717, 1.165) is 31.5 Å². The van der Waals surface area contributed by atoms with Crippen molar-refractivity contribution in [3.8, 4) is 0 Å². The number of carbonyl (C=O) groups excluding carboxylic acids is 3. The lowest BCUT2D eigenvalue weighted by molar-refractivity contribution is -0.121. The number of hydrogen-bond donors (Lipinski definition) is 1. The highest BCUT2D eigenvalue weighted by atomic mass is 19.1. The summed E-state index contributed by atoms with van der Waals surface area (Å²) < 4.78 is 13.1. The molecule has 0 saturated carbocycles. The number of amides is 3. The minimum absolute atomic E-state index is 0.0173. The first kappa shape index (κ1) is 22.0. The first-order chi connectivity index (χ1) is 15.4. The van der Waals surface area contributed by atoms with E-state index in [2.05, 4.69) is 5.32 Å². The van der Waals surface area contributed by atoms with Crippen molar-refractivity contribution in [1.82, 2.24) is 9.80 Å². The van der Waals surface area contributed by atoms with Gasteiger partial charge in [0.2, 0.25) is 5.91 Å². The molecule has 1 N–H and O–H groups in total. The van der Waals surface area contributed by atoms with Crippen LogP contribution in [0.15, 0.2) is 42.5 Å². The lowest BCUT2D eigenvalue weighted by atomic mass is 9.95. The Kier molecular flexibility index (Phi) is 6.53. The van der Waals surface area contributed by atoms with Gasteiger partial charge in [0.15, 0.2) is 0 Å². The summed E-state index contributed by atoms with van der Waals surface area (Å²) in [4.78, 5) is 41.9. The molecular formula is C25H28FN3O3. The molecule has 6 nitrogen and oxygen atoms in total. The number of anilines is 1. The minimum atomic E-state index is -0.376.